The van der Waals surface area contributed by atoms with Crippen LogP contribution in [0.3, 0.4) is 0 Å². The number of carbonyl (C=O) groups excluding carboxylic acids is 1. The number of amides is 1. The number of hydrogen-bond acceptors (Lipinski definition) is 7. The number of carbonyl (C=O) groups is 1. The average Bonchev–Trinajstić information content (AvgIpc) is 3.38. The van der Waals surface area contributed by atoms with Gasteiger partial charge in [-0.3, -0.25) is 10.1 Å². The van der Waals surface area contributed by atoms with Crippen molar-refractivity contribution in [2.45, 2.75) is 26.4 Å². The summed E-state index contributed by atoms with van der Waals surface area (Å²) in [6, 6.07) is 11.5. The number of fused-ring (bicyclic) bond motifs is 1. The summed E-state index contributed by atoms with van der Waals surface area (Å²) in [4.78, 5) is 20.6. The highest BCUT2D eigenvalue weighted by molar-refractivity contribution is 5.93. The van der Waals surface area contributed by atoms with E-state index >= 15 is 0 Å². The summed E-state index contributed by atoms with van der Waals surface area (Å²) in [5, 5.41) is 10.9. The largest absolute Gasteiger partial charge is 0.484 e. The van der Waals surface area contributed by atoms with Crippen LogP contribution < -0.4 is 10.1 Å². The van der Waals surface area contributed by atoms with Crippen molar-refractivity contribution in [2.75, 3.05) is 5.32 Å². The molecule has 5 rings (SSSR count). The van der Waals surface area contributed by atoms with Crippen LogP contribution in [0.2, 0.25) is 0 Å². The molecule has 1 N–H and O–H groups in total. The molecule has 3 aromatic heterocycles. The highest BCUT2D eigenvalue weighted by atomic mass is 16.5. The molecule has 1 saturated carbocycles. The number of ether oxygens (including phenoxy) is 1. The minimum absolute atomic E-state index is 0.0135. The first kappa shape index (κ1) is 17.4. The second kappa shape index (κ2) is 7.01. The van der Waals surface area contributed by atoms with Crippen molar-refractivity contribution in [3.63, 3.8) is 0 Å². The van der Waals surface area contributed by atoms with Gasteiger partial charge in [0.2, 0.25) is 11.9 Å². The van der Waals surface area contributed by atoms with Gasteiger partial charge in [-0.25, -0.2) is 4.52 Å². The molecule has 29 heavy (non-hydrogen) atoms. The summed E-state index contributed by atoms with van der Waals surface area (Å²) < 4.78 is 12.4. The van der Waals surface area contributed by atoms with Crippen molar-refractivity contribution in [3.8, 4) is 16.9 Å². The van der Waals surface area contributed by atoms with E-state index in [2.05, 4.69) is 25.5 Å². The summed E-state index contributed by atoms with van der Waals surface area (Å²) in [5.74, 6) is 2.11. The Morgan fingerprint density at radius 3 is 2.79 bits per heavy atom. The maximum absolute atomic E-state index is 12.0. The molecular weight excluding hydrogens is 372 g/mol. The Labute approximate surface area is 165 Å². The maximum Gasteiger partial charge on any atom is 0.264 e. The van der Waals surface area contributed by atoms with Gasteiger partial charge in [-0.05, 0) is 49.6 Å². The SMILES string of the molecule is Cc1noc(COc2ccc(-c3cccn4nc(NC(=O)C5CC5)nc34)cc2)n1. The molecule has 4 aromatic rings. The van der Waals surface area contributed by atoms with Crippen LogP contribution >= 0.6 is 0 Å². The molecule has 1 aromatic carbocycles. The monoisotopic (exact) mass is 390 g/mol. The highest BCUT2D eigenvalue weighted by Crippen LogP contribution is 2.30. The number of nitrogens with one attached hydrogen (secondary N) is 1. The summed E-state index contributed by atoms with van der Waals surface area (Å²) in [6.45, 7) is 1.97. The van der Waals surface area contributed by atoms with Gasteiger partial charge >= 0.3 is 0 Å². The van der Waals surface area contributed by atoms with Crippen molar-refractivity contribution in [2.24, 2.45) is 5.92 Å². The van der Waals surface area contributed by atoms with Gasteiger partial charge in [0, 0.05) is 17.7 Å². The fourth-order valence-corrected chi connectivity index (χ4v) is 3.02. The van der Waals surface area contributed by atoms with E-state index in [1.165, 1.54) is 0 Å². The fourth-order valence-electron chi connectivity index (χ4n) is 3.02. The predicted molar refractivity (Wildman–Crippen MR) is 103 cm³/mol. The first-order valence-corrected chi connectivity index (χ1v) is 9.34. The molecular formula is C20H18N6O3. The molecule has 1 aliphatic rings. The van der Waals surface area contributed by atoms with Crippen LogP contribution in [-0.2, 0) is 11.4 Å². The topological polar surface area (TPSA) is 107 Å². The van der Waals surface area contributed by atoms with E-state index in [0.29, 0.717) is 29.1 Å². The molecule has 1 aliphatic carbocycles. The number of aryl methyl sites for hydroxylation is 1. The molecule has 9 heteroatoms. The lowest BCUT2D eigenvalue weighted by Crippen LogP contribution is -2.14. The third-order valence-corrected chi connectivity index (χ3v) is 4.64. The van der Waals surface area contributed by atoms with Gasteiger partial charge in [0.15, 0.2) is 18.1 Å². The summed E-state index contributed by atoms with van der Waals surface area (Å²) in [6.07, 6.45) is 3.68. The minimum Gasteiger partial charge on any atom is -0.484 e. The quantitative estimate of drug-likeness (QED) is 0.539. The Morgan fingerprint density at radius 2 is 2.07 bits per heavy atom. The zero-order valence-electron chi connectivity index (χ0n) is 15.7. The van der Waals surface area contributed by atoms with Crippen LogP contribution in [0.25, 0.3) is 16.8 Å². The van der Waals surface area contributed by atoms with Gasteiger partial charge in [0.1, 0.15) is 5.75 Å². The molecule has 0 unspecified atom stereocenters. The molecule has 1 fully saturated rings. The molecule has 3 heterocycles. The summed E-state index contributed by atoms with van der Waals surface area (Å²) >= 11 is 0. The minimum atomic E-state index is -0.0135. The standard InChI is InChI=1S/C20H18N6O3/c1-12-21-17(29-25-12)11-28-15-8-6-13(7-9-15)16-3-2-10-26-18(16)22-20(24-26)23-19(27)14-4-5-14/h2-3,6-10,14H,4-5,11H2,1H3,(H,23,24,27). The molecule has 0 atom stereocenters. The van der Waals surface area contributed by atoms with Gasteiger partial charge in [-0.1, -0.05) is 17.3 Å². The second-order valence-corrected chi connectivity index (χ2v) is 6.94. The third kappa shape index (κ3) is 3.66. The number of aromatic nitrogens is 5. The second-order valence-electron chi connectivity index (χ2n) is 6.94. The lowest BCUT2D eigenvalue weighted by Gasteiger charge is -2.06. The van der Waals surface area contributed by atoms with E-state index < -0.39 is 0 Å². The Bertz CT molecular complexity index is 1180. The average molecular weight is 390 g/mol. The van der Waals surface area contributed by atoms with Gasteiger partial charge in [0.05, 0.1) is 0 Å². The Morgan fingerprint density at radius 1 is 1.24 bits per heavy atom. The smallest absolute Gasteiger partial charge is 0.264 e. The van der Waals surface area contributed by atoms with E-state index in [4.69, 9.17) is 9.26 Å². The van der Waals surface area contributed by atoms with Gasteiger partial charge in [-0.15, -0.1) is 5.10 Å². The number of rotatable bonds is 6. The van der Waals surface area contributed by atoms with Crippen molar-refractivity contribution < 1.29 is 14.1 Å². The molecule has 0 spiro atoms. The number of hydrogen-bond donors (Lipinski definition) is 1. The molecule has 9 nitrogen and oxygen atoms in total. The summed E-state index contributed by atoms with van der Waals surface area (Å²) in [7, 11) is 0. The molecule has 0 aliphatic heterocycles. The van der Waals surface area contributed by atoms with E-state index in [1.54, 1.807) is 11.4 Å². The Balaban J connectivity index is 1.35. The zero-order chi connectivity index (χ0) is 19.8. The van der Waals surface area contributed by atoms with Crippen LogP contribution in [0.4, 0.5) is 5.95 Å². The first-order chi connectivity index (χ1) is 14.2. The normalized spacial score (nSPS) is 13.6. The lowest BCUT2D eigenvalue weighted by molar-refractivity contribution is -0.117. The number of pyridine rings is 1. The van der Waals surface area contributed by atoms with Gasteiger partial charge in [0.25, 0.3) is 5.89 Å². The van der Waals surface area contributed by atoms with Crippen molar-refractivity contribution in [1.82, 2.24) is 24.7 Å². The van der Waals surface area contributed by atoms with Crippen LogP contribution in [0.5, 0.6) is 5.75 Å². The molecule has 0 bridgehead atoms. The Hall–Kier alpha value is -3.75. The number of benzene rings is 1. The van der Waals surface area contributed by atoms with Gasteiger partial charge < -0.3 is 9.26 Å². The van der Waals surface area contributed by atoms with E-state index in [0.717, 1.165) is 24.0 Å². The molecule has 1 amide bonds. The molecule has 0 radical (unpaired) electrons. The third-order valence-electron chi connectivity index (χ3n) is 4.64. The predicted octanol–water partition coefficient (Wildman–Crippen LogP) is 3.02. The number of nitrogens with zero attached hydrogens (tertiary/aromatic N) is 5. The van der Waals surface area contributed by atoms with E-state index in [9.17, 15) is 4.79 Å². The van der Waals surface area contributed by atoms with Crippen LogP contribution in [0.15, 0.2) is 47.1 Å². The fraction of sp³-hybridized carbons (Fsp3) is 0.250. The highest BCUT2D eigenvalue weighted by Gasteiger charge is 2.30. The van der Waals surface area contributed by atoms with Crippen molar-refractivity contribution in [3.05, 3.63) is 54.3 Å². The molecule has 146 valence electrons. The lowest BCUT2D eigenvalue weighted by atomic mass is 10.1. The van der Waals surface area contributed by atoms with Crippen molar-refractivity contribution >= 4 is 17.5 Å². The van der Waals surface area contributed by atoms with Crippen LogP contribution in [-0.4, -0.2) is 30.6 Å². The zero-order valence-corrected chi connectivity index (χ0v) is 15.7. The first-order valence-electron chi connectivity index (χ1n) is 9.34. The van der Waals surface area contributed by atoms with Crippen LogP contribution in [0, 0.1) is 12.8 Å². The van der Waals surface area contributed by atoms with Gasteiger partial charge in [-0.2, -0.15) is 9.97 Å². The van der Waals surface area contributed by atoms with E-state index in [-0.39, 0.29) is 18.4 Å². The maximum atomic E-state index is 12.0. The molecule has 0 saturated heterocycles. The Kier molecular flexibility index (Phi) is 4.19. The van der Waals surface area contributed by atoms with Crippen LogP contribution in [0.1, 0.15) is 24.6 Å². The number of anilines is 1. The van der Waals surface area contributed by atoms with E-state index in [1.807, 2.05) is 42.6 Å². The summed E-state index contributed by atoms with van der Waals surface area (Å²) in [5.41, 5.74) is 2.55. The van der Waals surface area contributed by atoms with Crippen molar-refractivity contribution in [1.29, 1.82) is 0 Å².